The molecule has 1 atom stereocenters. The summed E-state index contributed by atoms with van der Waals surface area (Å²) >= 11 is 0. The molecule has 0 heterocycles. The van der Waals surface area contributed by atoms with Crippen LogP contribution in [0.25, 0.3) is 0 Å². The van der Waals surface area contributed by atoms with E-state index >= 15 is 0 Å². The molecule has 2 fully saturated rings. The van der Waals surface area contributed by atoms with Gasteiger partial charge in [0, 0.05) is 11.6 Å². The van der Waals surface area contributed by atoms with E-state index in [0.717, 1.165) is 11.8 Å². The molecule has 3 N–H and O–H groups in total. The highest BCUT2D eigenvalue weighted by Crippen LogP contribution is 2.41. The average Bonchev–Trinajstić information content (AvgIpc) is 2.42. The van der Waals surface area contributed by atoms with Gasteiger partial charge in [-0.05, 0) is 51.6 Å². The van der Waals surface area contributed by atoms with E-state index in [1.807, 2.05) is 0 Å². The van der Waals surface area contributed by atoms with Crippen LogP contribution in [0.4, 0.5) is 0 Å². The topological polar surface area (TPSA) is 41.3 Å². The van der Waals surface area contributed by atoms with E-state index in [-0.39, 0.29) is 5.54 Å². The van der Waals surface area contributed by atoms with Gasteiger partial charge in [0.05, 0.1) is 0 Å². The molecule has 2 saturated carbocycles. The molecule has 0 aliphatic heterocycles. The molecule has 0 aromatic carbocycles. The largest absolute Gasteiger partial charge is 0.302 e. The Kier molecular flexibility index (Phi) is 5.27. The van der Waals surface area contributed by atoms with Gasteiger partial charge in [-0.3, -0.25) is 11.3 Å². The number of nitrogens with two attached hydrogens (primary N) is 1. The Morgan fingerprint density at radius 2 is 1.63 bits per heavy atom. The Bertz CT molecular complexity index is 263. The minimum atomic E-state index is 0.290. The molecule has 3 heteroatoms. The van der Waals surface area contributed by atoms with E-state index in [2.05, 4.69) is 31.3 Å². The van der Waals surface area contributed by atoms with Gasteiger partial charge in [-0.1, -0.05) is 39.0 Å². The summed E-state index contributed by atoms with van der Waals surface area (Å²) in [5.74, 6) is 7.69. The monoisotopic (exact) mass is 267 g/mol. The van der Waals surface area contributed by atoms with Crippen molar-refractivity contribution in [1.82, 2.24) is 10.3 Å². The number of hydrogen-bond acceptors (Lipinski definition) is 3. The third-order valence-corrected chi connectivity index (χ3v) is 5.90. The second-order valence-corrected chi connectivity index (χ2v) is 7.22. The summed E-state index contributed by atoms with van der Waals surface area (Å²) in [5.41, 5.74) is 3.53. The predicted octanol–water partition coefficient (Wildman–Crippen LogP) is 2.91. The third-order valence-electron chi connectivity index (χ3n) is 5.90. The lowest BCUT2D eigenvalue weighted by Gasteiger charge is -2.51. The summed E-state index contributed by atoms with van der Waals surface area (Å²) < 4.78 is 0. The second kappa shape index (κ2) is 6.55. The molecule has 112 valence electrons. The van der Waals surface area contributed by atoms with Crippen LogP contribution in [0.15, 0.2) is 0 Å². The first kappa shape index (κ1) is 15.3. The third kappa shape index (κ3) is 3.14. The summed E-state index contributed by atoms with van der Waals surface area (Å²) in [6.07, 6.45) is 12.2. The molecule has 0 spiro atoms. The Balaban J connectivity index is 2.12. The van der Waals surface area contributed by atoms with Crippen LogP contribution < -0.4 is 11.3 Å². The summed E-state index contributed by atoms with van der Waals surface area (Å²) in [5, 5.41) is 0. The van der Waals surface area contributed by atoms with Gasteiger partial charge in [0.25, 0.3) is 0 Å². The van der Waals surface area contributed by atoms with Crippen LogP contribution in [0.3, 0.4) is 0 Å². The van der Waals surface area contributed by atoms with E-state index in [4.69, 9.17) is 5.84 Å². The molecule has 0 aromatic rings. The second-order valence-electron chi connectivity index (χ2n) is 7.22. The van der Waals surface area contributed by atoms with Crippen molar-refractivity contribution in [3.8, 4) is 0 Å². The first-order valence-corrected chi connectivity index (χ1v) is 8.23. The van der Waals surface area contributed by atoms with Crippen molar-refractivity contribution in [2.24, 2.45) is 17.7 Å². The minimum Gasteiger partial charge on any atom is -0.302 e. The normalized spacial score (nSPS) is 33.3. The van der Waals surface area contributed by atoms with E-state index in [0.29, 0.717) is 6.04 Å². The van der Waals surface area contributed by atoms with Gasteiger partial charge in [-0.2, -0.15) is 0 Å². The lowest BCUT2D eigenvalue weighted by atomic mass is 9.67. The van der Waals surface area contributed by atoms with Crippen molar-refractivity contribution >= 4 is 0 Å². The first-order valence-electron chi connectivity index (χ1n) is 8.23. The number of hydrazine groups is 1. The van der Waals surface area contributed by atoms with E-state index in [1.165, 1.54) is 57.8 Å². The van der Waals surface area contributed by atoms with E-state index in [9.17, 15) is 0 Å². The number of nitrogens with one attached hydrogen (secondary N) is 1. The van der Waals surface area contributed by atoms with Crippen LogP contribution in [-0.2, 0) is 0 Å². The molecule has 0 radical (unpaired) electrons. The zero-order chi connectivity index (χ0) is 13.9. The van der Waals surface area contributed by atoms with Gasteiger partial charge in [0.2, 0.25) is 0 Å². The first-order chi connectivity index (χ1) is 9.10. The molecule has 1 unspecified atom stereocenters. The van der Waals surface area contributed by atoms with Gasteiger partial charge in [-0.15, -0.1) is 0 Å². The van der Waals surface area contributed by atoms with Crippen molar-refractivity contribution in [2.75, 3.05) is 14.1 Å². The lowest BCUT2D eigenvalue weighted by Crippen LogP contribution is -2.64. The van der Waals surface area contributed by atoms with E-state index < -0.39 is 0 Å². The fourth-order valence-corrected chi connectivity index (χ4v) is 4.55. The quantitative estimate of drug-likeness (QED) is 0.608. The molecule has 2 rings (SSSR count). The fourth-order valence-electron chi connectivity index (χ4n) is 4.55. The minimum absolute atomic E-state index is 0.290. The van der Waals surface area contributed by atoms with Crippen molar-refractivity contribution in [2.45, 2.75) is 76.3 Å². The summed E-state index contributed by atoms with van der Waals surface area (Å²) in [7, 11) is 4.50. The van der Waals surface area contributed by atoms with Gasteiger partial charge >= 0.3 is 0 Å². The molecule has 3 nitrogen and oxygen atoms in total. The van der Waals surface area contributed by atoms with Gasteiger partial charge in [0.15, 0.2) is 0 Å². The predicted molar refractivity (Wildman–Crippen MR) is 81.7 cm³/mol. The van der Waals surface area contributed by atoms with Crippen LogP contribution in [-0.4, -0.2) is 30.6 Å². The molecule has 2 aliphatic rings. The van der Waals surface area contributed by atoms with Gasteiger partial charge in [-0.25, -0.2) is 0 Å². The molecule has 0 aromatic heterocycles. The Labute approximate surface area is 119 Å². The van der Waals surface area contributed by atoms with Crippen molar-refractivity contribution < 1.29 is 0 Å². The molecular formula is C16H33N3. The average molecular weight is 267 g/mol. The zero-order valence-corrected chi connectivity index (χ0v) is 13.1. The van der Waals surface area contributed by atoms with Crippen molar-refractivity contribution in [3.63, 3.8) is 0 Å². The summed E-state index contributed by atoms with van der Waals surface area (Å²) in [4.78, 5) is 2.47. The highest BCUT2D eigenvalue weighted by molar-refractivity contribution is 5.03. The molecule has 0 saturated heterocycles. The zero-order valence-electron chi connectivity index (χ0n) is 13.1. The number of nitrogens with zero attached hydrogens (tertiary/aromatic N) is 1. The molecule has 19 heavy (non-hydrogen) atoms. The molecule has 2 aliphatic carbocycles. The van der Waals surface area contributed by atoms with E-state index in [1.54, 1.807) is 0 Å². The van der Waals surface area contributed by atoms with Crippen molar-refractivity contribution in [3.05, 3.63) is 0 Å². The number of rotatable bonds is 4. The van der Waals surface area contributed by atoms with Crippen LogP contribution >= 0.6 is 0 Å². The van der Waals surface area contributed by atoms with Crippen LogP contribution in [0.5, 0.6) is 0 Å². The lowest BCUT2D eigenvalue weighted by molar-refractivity contribution is 0.0206. The Morgan fingerprint density at radius 1 is 1.05 bits per heavy atom. The maximum Gasteiger partial charge on any atom is 0.0422 e. The van der Waals surface area contributed by atoms with Crippen molar-refractivity contribution in [1.29, 1.82) is 0 Å². The summed E-state index contributed by atoms with van der Waals surface area (Å²) in [6, 6.07) is 0.468. The van der Waals surface area contributed by atoms with Gasteiger partial charge in [0.1, 0.15) is 0 Å². The van der Waals surface area contributed by atoms with Gasteiger partial charge < -0.3 is 4.90 Å². The van der Waals surface area contributed by atoms with Crippen LogP contribution in [0.2, 0.25) is 0 Å². The highest BCUT2D eigenvalue weighted by Gasteiger charge is 2.45. The molecular weight excluding hydrogens is 234 g/mol. The van der Waals surface area contributed by atoms with Crippen LogP contribution in [0, 0.1) is 11.8 Å². The maximum atomic E-state index is 6.02. The number of hydrogen-bond donors (Lipinski definition) is 2. The maximum absolute atomic E-state index is 6.02. The number of likely N-dealkylation sites (N-methyl/N-ethyl adjacent to an activating group) is 1. The fraction of sp³-hybridized carbons (Fsp3) is 1.00. The molecule has 0 amide bonds. The highest BCUT2D eigenvalue weighted by atomic mass is 15.3. The SMILES string of the molecule is CC1CCC(C(NN)C2(N(C)C)CCCCC2)CC1. The Morgan fingerprint density at radius 3 is 2.11 bits per heavy atom. The van der Waals surface area contributed by atoms with Crippen LogP contribution in [0.1, 0.15) is 64.7 Å². The summed E-state index contributed by atoms with van der Waals surface area (Å²) in [6.45, 7) is 2.39. The smallest absolute Gasteiger partial charge is 0.0422 e. The standard InChI is InChI=1S/C16H33N3/c1-13-7-9-14(10-8-13)15(18-17)16(19(2)3)11-5-4-6-12-16/h13-15,18H,4-12,17H2,1-3H3. The molecule has 0 bridgehead atoms. The Hall–Kier alpha value is -0.120.